The number of hydrogen-bond donors (Lipinski definition) is 1. The van der Waals surface area contributed by atoms with E-state index >= 15 is 0 Å². The first-order valence-corrected chi connectivity index (χ1v) is 12.5. The highest BCUT2D eigenvalue weighted by Gasteiger charge is 2.51. The van der Waals surface area contributed by atoms with Crippen LogP contribution in [0.3, 0.4) is 0 Å². The SMILES string of the molecule is COc1ccc(OC)c(CN2CCN(C(C)C(=O)NC34CC5CC(CC(C5)C3)C4)CC2)c1. The maximum atomic E-state index is 13.3. The highest BCUT2D eigenvalue weighted by molar-refractivity contribution is 5.82. The first-order valence-electron chi connectivity index (χ1n) is 12.5. The molecule has 32 heavy (non-hydrogen) atoms. The molecule has 1 aliphatic heterocycles. The number of amides is 1. The normalized spacial score (nSPS) is 33.2. The van der Waals surface area contributed by atoms with E-state index in [1.54, 1.807) is 14.2 Å². The van der Waals surface area contributed by atoms with Gasteiger partial charge >= 0.3 is 0 Å². The van der Waals surface area contributed by atoms with E-state index in [1.807, 2.05) is 12.1 Å². The molecule has 1 atom stereocenters. The lowest BCUT2D eigenvalue weighted by Gasteiger charge is -2.57. The molecular weight excluding hydrogens is 402 g/mol. The number of piperazine rings is 1. The summed E-state index contributed by atoms with van der Waals surface area (Å²) in [4.78, 5) is 18.1. The van der Waals surface area contributed by atoms with E-state index in [4.69, 9.17) is 9.47 Å². The second-order valence-electron chi connectivity index (χ2n) is 10.9. The van der Waals surface area contributed by atoms with Gasteiger partial charge in [-0.1, -0.05) is 0 Å². The zero-order chi connectivity index (χ0) is 22.3. The number of carbonyl (C=O) groups is 1. The average molecular weight is 442 g/mol. The Kier molecular flexibility index (Phi) is 6.10. The van der Waals surface area contributed by atoms with E-state index in [9.17, 15) is 4.79 Å². The first kappa shape index (κ1) is 22.0. The van der Waals surface area contributed by atoms with Crippen molar-refractivity contribution in [1.29, 1.82) is 0 Å². The number of ether oxygens (including phenoxy) is 2. The fourth-order valence-corrected chi connectivity index (χ4v) is 7.35. The molecule has 1 N–H and O–H groups in total. The van der Waals surface area contributed by atoms with Gasteiger partial charge in [0, 0.05) is 43.8 Å². The summed E-state index contributed by atoms with van der Waals surface area (Å²) in [7, 11) is 3.41. The fraction of sp³-hybridized carbons (Fsp3) is 0.731. The largest absolute Gasteiger partial charge is 0.497 e. The van der Waals surface area contributed by atoms with E-state index in [-0.39, 0.29) is 17.5 Å². The molecule has 0 aromatic heterocycles. The van der Waals surface area contributed by atoms with Crippen LogP contribution < -0.4 is 14.8 Å². The second-order valence-corrected chi connectivity index (χ2v) is 10.9. The zero-order valence-corrected chi connectivity index (χ0v) is 19.9. The van der Waals surface area contributed by atoms with Gasteiger partial charge in [-0.15, -0.1) is 0 Å². The van der Waals surface area contributed by atoms with Crippen LogP contribution in [0, 0.1) is 17.8 Å². The standard InChI is InChI=1S/C26H39N3O3/c1-18(25(30)27-26-14-19-10-20(15-26)12-21(11-19)16-26)29-8-6-28(7-9-29)17-22-13-23(31-2)4-5-24(22)32-3/h4-5,13,18-21H,6-12,14-17H2,1-3H3,(H,27,30). The highest BCUT2D eigenvalue weighted by Crippen LogP contribution is 2.55. The van der Waals surface area contributed by atoms with Gasteiger partial charge in [-0.3, -0.25) is 14.6 Å². The predicted molar refractivity (Wildman–Crippen MR) is 125 cm³/mol. The minimum Gasteiger partial charge on any atom is -0.497 e. The number of hydrogen-bond acceptors (Lipinski definition) is 5. The van der Waals surface area contributed by atoms with Crippen LogP contribution in [-0.2, 0) is 11.3 Å². The Balaban J connectivity index is 1.15. The molecule has 176 valence electrons. The van der Waals surface area contributed by atoms with Gasteiger partial charge in [-0.25, -0.2) is 0 Å². The van der Waals surface area contributed by atoms with Crippen LogP contribution in [0.1, 0.15) is 51.0 Å². The molecule has 6 rings (SSSR count). The number of methoxy groups -OCH3 is 2. The molecule has 1 saturated heterocycles. The Morgan fingerprint density at radius 2 is 1.66 bits per heavy atom. The van der Waals surface area contributed by atoms with E-state index in [0.29, 0.717) is 0 Å². The smallest absolute Gasteiger partial charge is 0.237 e. The van der Waals surface area contributed by atoms with Gasteiger partial charge in [-0.05, 0) is 81.4 Å². The number of nitrogens with zero attached hydrogens (tertiary/aromatic N) is 2. The van der Waals surface area contributed by atoms with Crippen molar-refractivity contribution in [2.45, 2.75) is 63.6 Å². The van der Waals surface area contributed by atoms with E-state index < -0.39 is 0 Å². The maximum Gasteiger partial charge on any atom is 0.237 e. The Bertz CT molecular complexity index is 798. The lowest BCUT2D eigenvalue weighted by molar-refractivity contribution is -0.132. The van der Waals surface area contributed by atoms with Gasteiger partial charge in [0.15, 0.2) is 0 Å². The molecule has 4 aliphatic carbocycles. The Morgan fingerprint density at radius 1 is 1.03 bits per heavy atom. The van der Waals surface area contributed by atoms with Crippen molar-refractivity contribution >= 4 is 5.91 Å². The molecule has 1 aromatic carbocycles. The van der Waals surface area contributed by atoms with Gasteiger partial charge in [0.1, 0.15) is 11.5 Å². The second kappa shape index (κ2) is 8.86. The summed E-state index contributed by atoms with van der Waals surface area (Å²) in [6.07, 6.45) is 7.87. The van der Waals surface area contributed by atoms with Gasteiger partial charge in [0.25, 0.3) is 0 Å². The summed E-state index contributed by atoms with van der Waals surface area (Å²) in [6.45, 7) is 6.67. The van der Waals surface area contributed by atoms with E-state index in [0.717, 1.165) is 67.5 Å². The molecule has 1 unspecified atom stereocenters. The third-order valence-corrected chi connectivity index (χ3v) is 8.64. The van der Waals surface area contributed by atoms with Crippen molar-refractivity contribution in [2.75, 3.05) is 40.4 Å². The van der Waals surface area contributed by atoms with Crippen molar-refractivity contribution in [3.63, 3.8) is 0 Å². The lowest BCUT2D eigenvalue weighted by Crippen LogP contribution is -2.63. The quantitative estimate of drug-likeness (QED) is 0.704. The van der Waals surface area contributed by atoms with Crippen LogP contribution in [0.4, 0.5) is 0 Å². The molecule has 6 heteroatoms. The Hall–Kier alpha value is -1.79. The first-order chi connectivity index (χ1) is 15.5. The van der Waals surface area contributed by atoms with E-state index in [1.165, 1.54) is 38.5 Å². The number of benzene rings is 1. The molecule has 0 spiro atoms. The average Bonchev–Trinajstić information content (AvgIpc) is 2.77. The van der Waals surface area contributed by atoms with Crippen LogP contribution >= 0.6 is 0 Å². The summed E-state index contributed by atoms with van der Waals surface area (Å²) in [5, 5.41) is 3.58. The third kappa shape index (κ3) is 4.36. The molecular formula is C26H39N3O3. The summed E-state index contributed by atoms with van der Waals surface area (Å²) in [5.41, 5.74) is 1.25. The van der Waals surface area contributed by atoms with Gasteiger partial charge in [0.05, 0.1) is 20.3 Å². The van der Waals surface area contributed by atoms with Crippen molar-refractivity contribution in [3.05, 3.63) is 23.8 Å². The van der Waals surface area contributed by atoms with Gasteiger partial charge < -0.3 is 14.8 Å². The molecule has 1 aromatic rings. The van der Waals surface area contributed by atoms with E-state index in [2.05, 4.69) is 28.1 Å². The topological polar surface area (TPSA) is 54.0 Å². The molecule has 4 bridgehead atoms. The van der Waals surface area contributed by atoms with Crippen LogP contribution in [-0.4, -0.2) is 67.7 Å². The minimum atomic E-state index is -0.0588. The molecule has 1 amide bonds. The number of nitrogens with one attached hydrogen (secondary N) is 1. The highest BCUT2D eigenvalue weighted by atomic mass is 16.5. The Labute approximate surface area is 192 Å². The van der Waals surface area contributed by atoms with Crippen LogP contribution in [0.2, 0.25) is 0 Å². The summed E-state index contributed by atoms with van der Waals surface area (Å²) >= 11 is 0. The molecule has 0 radical (unpaired) electrons. The van der Waals surface area contributed by atoms with Gasteiger partial charge in [-0.2, -0.15) is 0 Å². The molecule has 5 fully saturated rings. The summed E-state index contributed by atoms with van der Waals surface area (Å²) in [6, 6.07) is 5.91. The van der Waals surface area contributed by atoms with Crippen molar-refractivity contribution in [2.24, 2.45) is 17.8 Å². The maximum absolute atomic E-state index is 13.3. The molecule has 5 aliphatic rings. The number of rotatable bonds is 7. The monoisotopic (exact) mass is 441 g/mol. The van der Waals surface area contributed by atoms with Crippen LogP contribution in [0.15, 0.2) is 18.2 Å². The van der Waals surface area contributed by atoms with Crippen molar-refractivity contribution < 1.29 is 14.3 Å². The van der Waals surface area contributed by atoms with Crippen LogP contribution in [0.25, 0.3) is 0 Å². The fourth-order valence-electron chi connectivity index (χ4n) is 7.35. The van der Waals surface area contributed by atoms with Gasteiger partial charge in [0.2, 0.25) is 5.91 Å². The molecule has 4 saturated carbocycles. The van der Waals surface area contributed by atoms with Crippen molar-refractivity contribution in [3.8, 4) is 11.5 Å². The predicted octanol–water partition coefficient (Wildman–Crippen LogP) is 3.29. The Morgan fingerprint density at radius 3 is 2.22 bits per heavy atom. The number of carbonyl (C=O) groups excluding carboxylic acids is 1. The lowest BCUT2D eigenvalue weighted by atomic mass is 9.53. The summed E-state index contributed by atoms with van der Waals surface area (Å²) < 4.78 is 10.9. The zero-order valence-electron chi connectivity index (χ0n) is 19.9. The van der Waals surface area contributed by atoms with Crippen LogP contribution in [0.5, 0.6) is 11.5 Å². The third-order valence-electron chi connectivity index (χ3n) is 8.64. The van der Waals surface area contributed by atoms with Crippen molar-refractivity contribution in [1.82, 2.24) is 15.1 Å². The molecule has 1 heterocycles. The summed E-state index contributed by atoms with van der Waals surface area (Å²) in [5.74, 6) is 4.57. The molecule has 6 nitrogen and oxygen atoms in total. The minimum absolute atomic E-state index is 0.0588.